The van der Waals surface area contributed by atoms with Crippen molar-refractivity contribution in [2.45, 2.75) is 19.5 Å². The summed E-state index contributed by atoms with van der Waals surface area (Å²) in [6, 6.07) is 0. The molecule has 4 heteroatoms. The van der Waals surface area contributed by atoms with E-state index in [0.29, 0.717) is 0 Å². The van der Waals surface area contributed by atoms with E-state index in [-0.39, 0.29) is 12.8 Å². The van der Waals surface area contributed by atoms with E-state index >= 15 is 0 Å². The molecule has 0 aromatic rings. The Morgan fingerprint density at radius 2 is 2.57 bits per heavy atom. The van der Waals surface area contributed by atoms with Gasteiger partial charge in [0.05, 0.1) is 13.2 Å². The molecule has 0 spiro atoms. The smallest absolute Gasteiger partial charge is 0.103 e. The zero-order valence-electron chi connectivity index (χ0n) is 8.57. The highest BCUT2D eigenvalue weighted by Gasteiger charge is 2.07. The third kappa shape index (κ3) is 4.00. The van der Waals surface area contributed by atoms with Crippen molar-refractivity contribution in [3.05, 3.63) is 11.6 Å². The van der Waals surface area contributed by atoms with E-state index in [0.717, 1.165) is 31.8 Å². The Morgan fingerprint density at radius 3 is 3.14 bits per heavy atom. The number of dihydropyridines is 1. The maximum absolute atomic E-state index is 8.82. The van der Waals surface area contributed by atoms with Crippen molar-refractivity contribution in [1.29, 1.82) is 0 Å². The summed E-state index contributed by atoms with van der Waals surface area (Å²) in [5.74, 6) is 0. The van der Waals surface area contributed by atoms with Crippen LogP contribution in [0.1, 0.15) is 13.3 Å². The highest BCUT2D eigenvalue weighted by molar-refractivity contribution is 5.79. The minimum atomic E-state index is 0.0785. The minimum Gasteiger partial charge on any atom is -0.392 e. The van der Waals surface area contributed by atoms with Crippen molar-refractivity contribution in [2.24, 2.45) is 4.99 Å². The molecule has 14 heavy (non-hydrogen) atoms. The van der Waals surface area contributed by atoms with Gasteiger partial charge in [0.1, 0.15) is 6.17 Å². The Labute approximate surface area is 84.7 Å². The SMILES string of the molecule is CCOCCNC1CC=C(CO)C=N1. The van der Waals surface area contributed by atoms with Crippen molar-refractivity contribution >= 4 is 6.21 Å². The Morgan fingerprint density at radius 1 is 1.71 bits per heavy atom. The van der Waals surface area contributed by atoms with Crippen molar-refractivity contribution < 1.29 is 9.84 Å². The number of nitrogens with one attached hydrogen (secondary N) is 1. The van der Waals surface area contributed by atoms with Crippen LogP contribution in [-0.2, 0) is 4.74 Å². The van der Waals surface area contributed by atoms with Gasteiger partial charge in [-0.2, -0.15) is 0 Å². The Hall–Kier alpha value is -0.710. The third-order valence-corrected chi connectivity index (χ3v) is 2.04. The van der Waals surface area contributed by atoms with Gasteiger partial charge in [-0.1, -0.05) is 6.08 Å². The molecule has 4 nitrogen and oxygen atoms in total. The molecule has 0 fully saturated rings. The largest absolute Gasteiger partial charge is 0.392 e. The summed E-state index contributed by atoms with van der Waals surface area (Å²) in [7, 11) is 0. The molecular formula is C10H18N2O2. The Balaban J connectivity index is 2.11. The van der Waals surface area contributed by atoms with E-state index in [1.54, 1.807) is 6.21 Å². The van der Waals surface area contributed by atoms with Gasteiger partial charge in [-0.25, -0.2) is 0 Å². The van der Waals surface area contributed by atoms with Crippen molar-refractivity contribution in [3.8, 4) is 0 Å². The fourth-order valence-corrected chi connectivity index (χ4v) is 1.25. The van der Waals surface area contributed by atoms with Crippen molar-refractivity contribution in [2.75, 3.05) is 26.4 Å². The predicted molar refractivity (Wildman–Crippen MR) is 56.6 cm³/mol. The van der Waals surface area contributed by atoms with Gasteiger partial charge < -0.3 is 9.84 Å². The molecule has 1 rings (SSSR count). The number of aliphatic hydroxyl groups excluding tert-OH is 1. The average Bonchev–Trinajstić information content (AvgIpc) is 2.25. The van der Waals surface area contributed by atoms with Gasteiger partial charge in [-0.15, -0.1) is 0 Å². The van der Waals surface area contributed by atoms with Crippen LogP contribution in [0.3, 0.4) is 0 Å². The molecule has 0 saturated carbocycles. The van der Waals surface area contributed by atoms with Gasteiger partial charge in [-0.05, 0) is 12.5 Å². The van der Waals surface area contributed by atoms with E-state index in [1.807, 2.05) is 13.0 Å². The topological polar surface area (TPSA) is 53.8 Å². The van der Waals surface area contributed by atoms with Gasteiger partial charge in [-0.3, -0.25) is 10.3 Å². The Kier molecular flexibility index (Phi) is 5.44. The molecule has 0 aliphatic carbocycles. The second kappa shape index (κ2) is 6.70. The van der Waals surface area contributed by atoms with Crippen LogP contribution in [0.15, 0.2) is 16.6 Å². The second-order valence-corrected chi connectivity index (χ2v) is 3.12. The van der Waals surface area contributed by atoms with Crippen LogP contribution in [0.5, 0.6) is 0 Å². The molecule has 80 valence electrons. The zero-order chi connectivity index (χ0) is 10.2. The van der Waals surface area contributed by atoms with Crippen LogP contribution in [0, 0.1) is 0 Å². The maximum Gasteiger partial charge on any atom is 0.103 e. The summed E-state index contributed by atoms with van der Waals surface area (Å²) < 4.78 is 5.20. The average molecular weight is 198 g/mol. The number of hydrogen-bond donors (Lipinski definition) is 2. The first-order chi connectivity index (χ1) is 6.86. The third-order valence-electron chi connectivity index (χ3n) is 2.04. The van der Waals surface area contributed by atoms with Crippen molar-refractivity contribution in [3.63, 3.8) is 0 Å². The van der Waals surface area contributed by atoms with E-state index in [2.05, 4.69) is 10.3 Å². The first-order valence-corrected chi connectivity index (χ1v) is 5.01. The van der Waals surface area contributed by atoms with E-state index in [4.69, 9.17) is 9.84 Å². The van der Waals surface area contributed by atoms with Crippen molar-refractivity contribution in [1.82, 2.24) is 5.32 Å². The molecule has 1 atom stereocenters. The maximum atomic E-state index is 8.82. The number of hydrogen-bond acceptors (Lipinski definition) is 4. The number of rotatable bonds is 6. The summed E-state index contributed by atoms with van der Waals surface area (Å²) >= 11 is 0. The van der Waals surface area contributed by atoms with Gasteiger partial charge in [0.15, 0.2) is 0 Å². The van der Waals surface area contributed by atoms with E-state index < -0.39 is 0 Å². The van der Waals surface area contributed by atoms with E-state index in [9.17, 15) is 0 Å². The van der Waals surface area contributed by atoms with Gasteiger partial charge >= 0.3 is 0 Å². The standard InChI is InChI=1S/C10H18N2O2/c1-2-14-6-5-11-10-4-3-9(8-13)7-12-10/h3,7,10-11,13H,2,4-6,8H2,1H3. The summed E-state index contributed by atoms with van der Waals surface area (Å²) in [5.41, 5.74) is 0.896. The lowest BCUT2D eigenvalue weighted by Gasteiger charge is -2.16. The Bertz CT molecular complexity index is 214. The molecule has 0 radical (unpaired) electrons. The van der Waals surface area contributed by atoms with Crippen LogP contribution >= 0.6 is 0 Å². The number of ether oxygens (including phenoxy) is 1. The lowest BCUT2D eigenvalue weighted by Crippen LogP contribution is -2.31. The lowest BCUT2D eigenvalue weighted by atomic mass is 10.2. The monoisotopic (exact) mass is 198 g/mol. The molecule has 0 aromatic carbocycles. The summed E-state index contributed by atoms with van der Waals surface area (Å²) in [5, 5.41) is 12.1. The van der Waals surface area contributed by atoms with E-state index in [1.165, 1.54) is 0 Å². The molecular weight excluding hydrogens is 180 g/mol. The molecule has 1 heterocycles. The van der Waals surface area contributed by atoms with Gasteiger partial charge in [0, 0.05) is 25.8 Å². The van der Waals surface area contributed by atoms with Crippen LogP contribution in [0.25, 0.3) is 0 Å². The normalized spacial score (nSPS) is 21.0. The lowest BCUT2D eigenvalue weighted by molar-refractivity contribution is 0.147. The first kappa shape index (κ1) is 11.4. The number of aliphatic hydroxyl groups is 1. The highest BCUT2D eigenvalue weighted by Crippen LogP contribution is 2.05. The molecule has 2 N–H and O–H groups in total. The molecule has 0 saturated heterocycles. The fourth-order valence-electron chi connectivity index (χ4n) is 1.25. The summed E-state index contributed by atoms with van der Waals surface area (Å²) in [6.45, 7) is 4.35. The van der Waals surface area contributed by atoms with Crippen LogP contribution < -0.4 is 5.32 Å². The zero-order valence-corrected chi connectivity index (χ0v) is 8.57. The van der Waals surface area contributed by atoms with Crippen LogP contribution in [0.2, 0.25) is 0 Å². The molecule has 1 unspecified atom stereocenters. The molecule has 1 aliphatic rings. The second-order valence-electron chi connectivity index (χ2n) is 3.12. The van der Waals surface area contributed by atoms with Gasteiger partial charge in [0.25, 0.3) is 0 Å². The summed E-state index contributed by atoms with van der Waals surface area (Å²) in [4.78, 5) is 4.26. The first-order valence-electron chi connectivity index (χ1n) is 5.01. The van der Waals surface area contributed by atoms with Crippen LogP contribution in [-0.4, -0.2) is 43.9 Å². The predicted octanol–water partition coefficient (Wildman–Crippen LogP) is 0.332. The minimum absolute atomic E-state index is 0.0785. The van der Waals surface area contributed by atoms with Gasteiger partial charge in [0.2, 0.25) is 0 Å². The molecule has 1 aliphatic heterocycles. The van der Waals surface area contributed by atoms with Crippen LogP contribution in [0.4, 0.5) is 0 Å². The molecule has 0 aromatic heterocycles. The fraction of sp³-hybridized carbons (Fsp3) is 0.700. The quantitative estimate of drug-likeness (QED) is 0.605. The molecule has 0 amide bonds. The number of nitrogens with zero attached hydrogens (tertiary/aromatic N) is 1. The molecule has 0 bridgehead atoms. The summed E-state index contributed by atoms with van der Waals surface area (Å²) in [6.07, 6.45) is 4.72. The number of aliphatic imine (C=N–C) groups is 1. The highest BCUT2D eigenvalue weighted by atomic mass is 16.5.